The fourth-order valence-electron chi connectivity index (χ4n) is 2.28. The largest absolute Gasteiger partial charge is 0.383 e. The molecule has 0 fully saturated rings. The van der Waals surface area contributed by atoms with E-state index in [2.05, 4.69) is 52.4 Å². The summed E-state index contributed by atoms with van der Waals surface area (Å²) in [5.74, 6) is 0.927. The van der Waals surface area contributed by atoms with E-state index in [0.717, 1.165) is 18.1 Å². The van der Waals surface area contributed by atoms with Crippen molar-refractivity contribution >= 4 is 17.3 Å². The van der Waals surface area contributed by atoms with Gasteiger partial charge in [0.2, 0.25) is 5.95 Å². The van der Waals surface area contributed by atoms with E-state index in [9.17, 15) is 0 Å². The van der Waals surface area contributed by atoms with E-state index in [1.54, 1.807) is 18.4 Å². The van der Waals surface area contributed by atoms with E-state index in [4.69, 9.17) is 4.74 Å². The first-order valence-corrected chi connectivity index (χ1v) is 7.81. The Morgan fingerprint density at radius 2 is 2.25 bits per heavy atom. The number of nitrogens with zero attached hydrogens (tertiary/aromatic N) is 2. The van der Waals surface area contributed by atoms with Crippen molar-refractivity contribution in [1.29, 1.82) is 0 Å². The van der Waals surface area contributed by atoms with E-state index in [0.29, 0.717) is 12.6 Å². The molecule has 0 aliphatic rings. The third-order valence-corrected chi connectivity index (χ3v) is 4.10. The third kappa shape index (κ3) is 3.84. The molecule has 2 rings (SSSR count). The van der Waals surface area contributed by atoms with Gasteiger partial charge in [0.25, 0.3) is 0 Å². The normalized spacial score (nSPS) is 14.2. The lowest BCUT2D eigenvalue weighted by atomic mass is 10.2. The first-order chi connectivity index (χ1) is 9.60. The Kier molecular flexibility index (Phi) is 5.20. The zero-order valence-corrected chi connectivity index (χ0v) is 13.4. The predicted octanol–water partition coefficient (Wildman–Crippen LogP) is 3.50. The molecule has 2 aromatic heterocycles. The van der Waals surface area contributed by atoms with Gasteiger partial charge in [0.15, 0.2) is 0 Å². The Bertz CT molecular complexity index is 521. The average molecular weight is 293 g/mol. The summed E-state index contributed by atoms with van der Waals surface area (Å²) >= 11 is 1.80. The molecule has 0 aromatic carbocycles. The molecule has 0 radical (unpaired) electrons. The molecular weight excluding hydrogens is 270 g/mol. The number of rotatable bonds is 7. The van der Waals surface area contributed by atoms with E-state index < -0.39 is 0 Å². The maximum atomic E-state index is 5.24. The summed E-state index contributed by atoms with van der Waals surface area (Å²) < 4.78 is 7.39. The van der Waals surface area contributed by atoms with Gasteiger partial charge in [-0.25, -0.2) is 4.98 Å². The number of ether oxygens (including phenoxy) is 1. The molecule has 5 heteroatoms. The molecule has 0 bridgehead atoms. The molecule has 0 aliphatic heterocycles. The fraction of sp³-hybridized carbons (Fsp3) is 0.533. The maximum absolute atomic E-state index is 5.24. The standard InChI is InChI=1S/C15H23N3OS/c1-11(8-14-6-5-7-20-14)16-15-17-12(2)9-18(15)13(3)10-19-4/h5-7,9,11,13H,8,10H2,1-4H3,(H,16,17). The van der Waals surface area contributed by atoms with Crippen LogP contribution in [0.3, 0.4) is 0 Å². The number of imidazole rings is 1. The molecule has 2 heterocycles. The van der Waals surface area contributed by atoms with E-state index in [1.807, 2.05) is 6.92 Å². The molecule has 2 unspecified atom stereocenters. The lowest BCUT2D eigenvalue weighted by Gasteiger charge is -2.19. The molecule has 0 amide bonds. The third-order valence-electron chi connectivity index (χ3n) is 3.20. The number of methoxy groups -OCH3 is 1. The lowest BCUT2D eigenvalue weighted by Crippen LogP contribution is -2.22. The van der Waals surface area contributed by atoms with Gasteiger partial charge in [0.05, 0.1) is 18.3 Å². The van der Waals surface area contributed by atoms with E-state index in [-0.39, 0.29) is 6.04 Å². The number of hydrogen-bond acceptors (Lipinski definition) is 4. The number of thiophene rings is 1. The van der Waals surface area contributed by atoms with Crippen molar-refractivity contribution in [2.24, 2.45) is 0 Å². The van der Waals surface area contributed by atoms with Crippen LogP contribution in [0.5, 0.6) is 0 Å². The highest BCUT2D eigenvalue weighted by molar-refractivity contribution is 7.09. The van der Waals surface area contributed by atoms with E-state index >= 15 is 0 Å². The highest BCUT2D eigenvalue weighted by Crippen LogP contribution is 2.19. The molecule has 2 atom stereocenters. The summed E-state index contributed by atoms with van der Waals surface area (Å²) in [6.07, 6.45) is 3.09. The molecule has 110 valence electrons. The molecule has 4 nitrogen and oxygen atoms in total. The molecule has 0 saturated carbocycles. The number of aromatic nitrogens is 2. The van der Waals surface area contributed by atoms with Crippen molar-refractivity contribution in [2.75, 3.05) is 19.0 Å². The second-order valence-electron chi connectivity index (χ2n) is 5.25. The number of nitrogens with one attached hydrogen (secondary N) is 1. The summed E-state index contributed by atoms with van der Waals surface area (Å²) in [5, 5.41) is 5.63. The topological polar surface area (TPSA) is 39.1 Å². The van der Waals surface area contributed by atoms with Crippen molar-refractivity contribution in [3.05, 3.63) is 34.3 Å². The highest BCUT2D eigenvalue weighted by atomic mass is 32.1. The zero-order chi connectivity index (χ0) is 14.5. The summed E-state index contributed by atoms with van der Waals surface area (Å²) in [6.45, 7) is 7.03. The van der Waals surface area contributed by atoms with Crippen molar-refractivity contribution in [1.82, 2.24) is 9.55 Å². The van der Waals surface area contributed by atoms with Crippen LogP contribution < -0.4 is 5.32 Å². The second-order valence-corrected chi connectivity index (χ2v) is 6.28. The van der Waals surface area contributed by atoms with Crippen LogP contribution in [0.2, 0.25) is 0 Å². The minimum absolute atomic E-state index is 0.276. The van der Waals surface area contributed by atoms with Gasteiger partial charge >= 0.3 is 0 Å². The second kappa shape index (κ2) is 6.90. The average Bonchev–Trinajstić information content (AvgIpc) is 2.99. The number of hydrogen-bond donors (Lipinski definition) is 1. The fourth-order valence-corrected chi connectivity index (χ4v) is 3.12. The summed E-state index contributed by atoms with van der Waals surface area (Å²) in [6, 6.07) is 4.90. The first kappa shape index (κ1) is 15.1. The Hall–Kier alpha value is -1.33. The summed E-state index contributed by atoms with van der Waals surface area (Å²) in [5.41, 5.74) is 1.03. The quantitative estimate of drug-likeness (QED) is 0.849. The summed E-state index contributed by atoms with van der Waals surface area (Å²) in [4.78, 5) is 5.98. The molecule has 2 aromatic rings. The monoisotopic (exact) mass is 293 g/mol. The van der Waals surface area contributed by atoms with Gasteiger partial charge in [0.1, 0.15) is 0 Å². The van der Waals surface area contributed by atoms with Crippen LogP contribution in [0.25, 0.3) is 0 Å². The molecule has 0 aliphatic carbocycles. The molecule has 0 spiro atoms. The van der Waals surface area contributed by atoms with Gasteiger partial charge in [-0.2, -0.15) is 0 Å². The van der Waals surface area contributed by atoms with Crippen molar-refractivity contribution < 1.29 is 4.74 Å². The Morgan fingerprint density at radius 3 is 2.90 bits per heavy atom. The maximum Gasteiger partial charge on any atom is 0.203 e. The van der Waals surface area contributed by atoms with E-state index in [1.165, 1.54) is 4.88 Å². The Labute approximate surface area is 124 Å². The van der Waals surface area contributed by atoms with Crippen LogP contribution in [0.15, 0.2) is 23.7 Å². The van der Waals surface area contributed by atoms with Gasteiger partial charge in [-0.1, -0.05) is 6.07 Å². The first-order valence-electron chi connectivity index (χ1n) is 6.93. The molecule has 20 heavy (non-hydrogen) atoms. The highest BCUT2D eigenvalue weighted by Gasteiger charge is 2.14. The van der Waals surface area contributed by atoms with Crippen LogP contribution in [-0.2, 0) is 11.2 Å². The predicted molar refractivity (Wildman–Crippen MR) is 84.7 cm³/mol. The van der Waals surface area contributed by atoms with Gasteiger partial charge in [-0.05, 0) is 32.2 Å². The minimum atomic E-state index is 0.276. The Morgan fingerprint density at radius 1 is 1.45 bits per heavy atom. The summed E-state index contributed by atoms with van der Waals surface area (Å²) in [7, 11) is 1.73. The lowest BCUT2D eigenvalue weighted by molar-refractivity contribution is 0.163. The van der Waals surface area contributed by atoms with Crippen molar-refractivity contribution in [3.63, 3.8) is 0 Å². The SMILES string of the molecule is COCC(C)n1cc(C)nc1NC(C)Cc1cccs1. The van der Waals surface area contributed by atoms with Crippen molar-refractivity contribution in [2.45, 2.75) is 39.3 Å². The molecular formula is C15H23N3OS. The van der Waals surface area contributed by atoms with Gasteiger partial charge < -0.3 is 14.6 Å². The van der Waals surface area contributed by atoms with Gasteiger partial charge in [-0.3, -0.25) is 0 Å². The van der Waals surface area contributed by atoms with Gasteiger partial charge in [-0.15, -0.1) is 11.3 Å². The van der Waals surface area contributed by atoms with Crippen LogP contribution in [0, 0.1) is 6.92 Å². The van der Waals surface area contributed by atoms with Crippen molar-refractivity contribution in [3.8, 4) is 0 Å². The van der Waals surface area contributed by atoms with Gasteiger partial charge in [0, 0.05) is 30.6 Å². The minimum Gasteiger partial charge on any atom is -0.383 e. The molecule has 1 N–H and O–H groups in total. The smallest absolute Gasteiger partial charge is 0.203 e. The van der Waals surface area contributed by atoms with Crippen LogP contribution in [0.4, 0.5) is 5.95 Å². The molecule has 0 saturated heterocycles. The Balaban J connectivity index is 2.04. The zero-order valence-electron chi connectivity index (χ0n) is 12.6. The number of aryl methyl sites for hydroxylation is 1. The van der Waals surface area contributed by atoms with Crippen LogP contribution >= 0.6 is 11.3 Å². The van der Waals surface area contributed by atoms with Crippen LogP contribution in [-0.4, -0.2) is 29.3 Å². The van der Waals surface area contributed by atoms with Crippen LogP contribution in [0.1, 0.15) is 30.5 Å². The number of anilines is 1.